The summed E-state index contributed by atoms with van der Waals surface area (Å²) in [4.78, 5) is 0. The Hall–Kier alpha value is -0.0500. The summed E-state index contributed by atoms with van der Waals surface area (Å²) >= 11 is 1.64. The molecule has 8 heavy (non-hydrogen) atoms. The van der Waals surface area contributed by atoms with Gasteiger partial charge in [0.15, 0.2) is 6.54 Å². The molecule has 2 nitrogen and oxygen atoms in total. The number of nitrogens with zero attached hydrogens (tertiary/aromatic N) is 1. The second-order valence-electron chi connectivity index (χ2n) is 1.89. The molecule has 0 spiro atoms. The van der Waals surface area contributed by atoms with Gasteiger partial charge in [-0.15, -0.1) is 5.11 Å². The lowest BCUT2D eigenvalue weighted by Crippen LogP contribution is -2.65. The van der Waals surface area contributed by atoms with Crippen molar-refractivity contribution in [2.24, 2.45) is 4.52 Å². The average Bonchev–Trinajstić information content (AvgIpc) is 1.62. The summed E-state index contributed by atoms with van der Waals surface area (Å²) in [5, 5.41) is 2.98. The van der Waals surface area contributed by atoms with E-state index in [4.69, 9.17) is 0 Å². The van der Waals surface area contributed by atoms with Crippen LogP contribution in [0.25, 0.3) is 0 Å². The van der Waals surface area contributed by atoms with Gasteiger partial charge in [0.1, 0.15) is 0 Å². The van der Waals surface area contributed by atoms with Crippen molar-refractivity contribution >= 4 is 11.9 Å². The predicted molar refractivity (Wildman–Crippen MR) is 34.6 cm³/mol. The molecule has 0 saturated carbocycles. The first-order valence-corrected chi connectivity index (χ1v) is 3.99. The van der Waals surface area contributed by atoms with E-state index in [1.165, 1.54) is 25.0 Å². The Morgan fingerprint density at radius 1 is 1.25 bits per heavy atom. The van der Waals surface area contributed by atoms with Crippen LogP contribution in [0, 0.1) is 0 Å². The van der Waals surface area contributed by atoms with E-state index in [-0.39, 0.29) is 0 Å². The van der Waals surface area contributed by atoms with Crippen molar-refractivity contribution < 1.29 is 5.11 Å². The molecule has 46 valence electrons. The third-order valence-corrected chi connectivity index (χ3v) is 1.88. The van der Waals surface area contributed by atoms with Crippen LogP contribution < -0.4 is 5.11 Å². The fourth-order valence-electron chi connectivity index (χ4n) is 0.684. The molecule has 3 heteroatoms. The SMILES string of the molecule is C1CC[NH+]=NSCC1. The second-order valence-corrected chi connectivity index (χ2v) is 2.74. The minimum absolute atomic E-state index is 1.06. The number of nitrogens with one attached hydrogen (secondary N) is 1. The van der Waals surface area contributed by atoms with Crippen molar-refractivity contribution in [2.75, 3.05) is 12.3 Å². The molecule has 0 amide bonds. The maximum absolute atomic E-state index is 4.00. The van der Waals surface area contributed by atoms with Crippen LogP contribution in [0.2, 0.25) is 0 Å². The van der Waals surface area contributed by atoms with Gasteiger partial charge in [-0.25, -0.2) is 0 Å². The van der Waals surface area contributed by atoms with Gasteiger partial charge in [-0.05, 0) is 12.8 Å². The fourth-order valence-corrected chi connectivity index (χ4v) is 1.29. The standard InChI is InChI=1S/C5H10N2S/c1-2-4-6-7-8-5-3-1/h1-5H2/p+1. The Balaban J connectivity index is 2.17. The lowest BCUT2D eigenvalue weighted by atomic mass is 10.2. The quantitative estimate of drug-likeness (QED) is 0.472. The van der Waals surface area contributed by atoms with Crippen LogP contribution in [0.4, 0.5) is 0 Å². The fraction of sp³-hybridized carbons (Fsp3) is 1.00. The van der Waals surface area contributed by atoms with Crippen molar-refractivity contribution in [3.8, 4) is 0 Å². The van der Waals surface area contributed by atoms with Crippen LogP contribution >= 0.6 is 11.9 Å². The van der Waals surface area contributed by atoms with E-state index in [2.05, 4.69) is 9.63 Å². The maximum Gasteiger partial charge on any atom is 0.166 e. The van der Waals surface area contributed by atoms with Gasteiger partial charge in [0.2, 0.25) is 0 Å². The molecular weight excluding hydrogens is 120 g/mol. The summed E-state index contributed by atoms with van der Waals surface area (Å²) in [6.45, 7) is 1.06. The Labute approximate surface area is 53.9 Å². The van der Waals surface area contributed by atoms with Crippen molar-refractivity contribution in [2.45, 2.75) is 19.3 Å². The molecule has 0 aromatic rings. The zero-order chi connectivity index (χ0) is 5.66. The first-order valence-electron chi connectivity index (χ1n) is 3.05. The van der Waals surface area contributed by atoms with E-state index in [1.807, 2.05) is 0 Å². The smallest absolute Gasteiger partial charge is 0.130 e. The van der Waals surface area contributed by atoms with Crippen LogP contribution in [-0.2, 0) is 0 Å². The van der Waals surface area contributed by atoms with E-state index < -0.39 is 0 Å². The van der Waals surface area contributed by atoms with E-state index in [0.29, 0.717) is 0 Å². The largest absolute Gasteiger partial charge is 0.166 e. The molecule has 0 atom stereocenters. The highest BCUT2D eigenvalue weighted by Gasteiger charge is 1.96. The van der Waals surface area contributed by atoms with Crippen molar-refractivity contribution in [1.82, 2.24) is 0 Å². The Morgan fingerprint density at radius 3 is 3.25 bits per heavy atom. The van der Waals surface area contributed by atoms with E-state index in [0.717, 1.165) is 6.54 Å². The zero-order valence-electron chi connectivity index (χ0n) is 4.89. The molecule has 0 saturated heterocycles. The Bertz CT molecular complexity index is 72.5. The zero-order valence-corrected chi connectivity index (χ0v) is 5.71. The maximum atomic E-state index is 4.00. The summed E-state index contributed by atoms with van der Waals surface area (Å²) in [5.74, 6) is 1.19. The van der Waals surface area contributed by atoms with Gasteiger partial charge >= 0.3 is 0 Å². The molecule has 1 aliphatic rings. The topological polar surface area (TPSA) is 26.3 Å². The first kappa shape index (κ1) is 6.08. The number of hydrogen-bond donors (Lipinski definition) is 1. The highest BCUT2D eigenvalue weighted by Crippen LogP contribution is 2.05. The van der Waals surface area contributed by atoms with Crippen LogP contribution in [0.3, 0.4) is 0 Å². The van der Waals surface area contributed by atoms with E-state index >= 15 is 0 Å². The molecule has 1 N–H and O–H groups in total. The molecule has 1 heterocycles. The van der Waals surface area contributed by atoms with E-state index in [1.54, 1.807) is 11.9 Å². The van der Waals surface area contributed by atoms with Crippen LogP contribution in [-0.4, -0.2) is 12.3 Å². The van der Waals surface area contributed by atoms with Crippen molar-refractivity contribution in [1.29, 1.82) is 0 Å². The number of hydrogen-bond acceptors (Lipinski definition) is 2. The van der Waals surface area contributed by atoms with Gasteiger partial charge in [0.25, 0.3) is 0 Å². The summed E-state index contributed by atoms with van der Waals surface area (Å²) < 4.78 is 4.00. The van der Waals surface area contributed by atoms with Gasteiger partial charge in [0.05, 0.1) is 0 Å². The van der Waals surface area contributed by atoms with Crippen molar-refractivity contribution in [3.05, 3.63) is 0 Å². The summed E-state index contributed by atoms with van der Waals surface area (Å²) in [6.07, 6.45) is 3.97. The van der Waals surface area contributed by atoms with Gasteiger partial charge < -0.3 is 0 Å². The normalized spacial score (nSPS) is 22.0. The highest BCUT2D eigenvalue weighted by atomic mass is 32.2. The summed E-state index contributed by atoms with van der Waals surface area (Å²) in [6, 6.07) is 0. The lowest BCUT2D eigenvalue weighted by molar-refractivity contribution is -0.522. The molecule has 0 aromatic carbocycles. The summed E-state index contributed by atoms with van der Waals surface area (Å²) in [7, 11) is 0. The van der Waals surface area contributed by atoms with E-state index in [9.17, 15) is 0 Å². The van der Waals surface area contributed by atoms with Gasteiger partial charge in [0, 0.05) is 28.6 Å². The Morgan fingerprint density at radius 2 is 2.25 bits per heavy atom. The van der Waals surface area contributed by atoms with Gasteiger partial charge in [-0.3, -0.25) is 0 Å². The van der Waals surface area contributed by atoms with Gasteiger partial charge in [-0.2, -0.15) is 0 Å². The monoisotopic (exact) mass is 131 g/mol. The van der Waals surface area contributed by atoms with Crippen molar-refractivity contribution in [3.63, 3.8) is 0 Å². The molecule has 0 aliphatic carbocycles. The van der Waals surface area contributed by atoms with Crippen LogP contribution in [0.1, 0.15) is 19.3 Å². The lowest BCUT2D eigenvalue weighted by Gasteiger charge is -1.94. The number of rotatable bonds is 0. The molecule has 0 unspecified atom stereocenters. The third-order valence-electron chi connectivity index (χ3n) is 1.15. The molecule has 1 aliphatic heterocycles. The third kappa shape index (κ3) is 2.31. The molecule has 0 aromatic heterocycles. The molecule has 0 fully saturated rings. The van der Waals surface area contributed by atoms with Gasteiger partial charge in [-0.1, -0.05) is 0 Å². The molecule has 0 bridgehead atoms. The summed E-state index contributed by atoms with van der Waals surface area (Å²) in [5.41, 5.74) is 0. The second kappa shape index (κ2) is 3.89. The first-order chi connectivity index (χ1) is 4.00. The van der Waals surface area contributed by atoms with Crippen LogP contribution in [0.5, 0.6) is 0 Å². The minimum atomic E-state index is 1.06. The average molecular weight is 131 g/mol. The highest BCUT2D eigenvalue weighted by molar-refractivity contribution is 7.97. The van der Waals surface area contributed by atoms with Crippen LogP contribution in [0.15, 0.2) is 4.52 Å². The predicted octanol–water partition coefficient (Wildman–Crippen LogP) is 0.351. The minimum Gasteiger partial charge on any atom is -0.130 e. The molecule has 1 rings (SSSR count). The Kier molecular flexibility index (Phi) is 2.96. The molecule has 0 radical (unpaired) electrons. The molecular formula is C5H11N2S+.